The molecule has 0 aromatic carbocycles. The van der Waals surface area contributed by atoms with Gasteiger partial charge in [0.05, 0.1) is 6.61 Å². The third-order valence-electron chi connectivity index (χ3n) is 1.65. The van der Waals surface area contributed by atoms with Crippen molar-refractivity contribution in [3.63, 3.8) is 0 Å². The molecule has 0 heterocycles. The summed E-state index contributed by atoms with van der Waals surface area (Å²) in [5, 5.41) is 0. The van der Waals surface area contributed by atoms with Crippen LogP contribution in [0.3, 0.4) is 0 Å². The number of hydrogen-bond acceptors (Lipinski definition) is 5. The second-order valence-corrected chi connectivity index (χ2v) is 4.72. The van der Waals surface area contributed by atoms with Gasteiger partial charge in [-0.25, -0.2) is 0 Å². The molecule has 0 aliphatic carbocycles. The Morgan fingerprint density at radius 2 is 1.83 bits per heavy atom. The van der Waals surface area contributed by atoms with Crippen LogP contribution in [0.15, 0.2) is 12.3 Å². The molecule has 0 N–H and O–H groups in total. The van der Waals surface area contributed by atoms with Crippen molar-refractivity contribution in [2.45, 2.75) is 31.7 Å². The normalized spacial score (nSPS) is 12.0. The Morgan fingerprint density at radius 1 is 1.28 bits per heavy atom. The number of hydrogen-bond donors (Lipinski definition) is 0. The number of ether oxygens (including phenoxy) is 1. The molecule has 0 atom stereocenters. The van der Waals surface area contributed by atoms with Crippen LogP contribution < -0.4 is 0 Å². The molecule has 18 heavy (non-hydrogen) atoms. The Hall–Kier alpha value is -1.25. The standard InChI is InChI=1S/C9H13F3O5S/c1-3-16-8(13)6-4-5-7(2)17-18(14,15)9(10,11)12/h2-6H2,1H3. The minimum absolute atomic E-state index is 0.0533. The van der Waals surface area contributed by atoms with Crippen LogP contribution >= 0.6 is 0 Å². The van der Waals surface area contributed by atoms with Gasteiger partial charge in [-0.1, -0.05) is 6.58 Å². The first-order chi connectivity index (χ1) is 8.10. The SMILES string of the molecule is C=C(CCCC(=O)OCC)OS(=O)(=O)C(F)(F)F. The number of allylic oxidation sites excluding steroid dienone is 1. The summed E-state index contributed by atoms with van der Waals surface area (Å²) in [7, 11) is -5.67. The van der Waals surface area contributed by atoms with Crippen LogP contribution in [0.1, 0.15) is 26.2 Å². The van der Waals surface area contributed by atoms with Crippen molar-refractivity contribution >= 4 is 16.1 Å². The highest BCUT2D eigenvalue weighted by atomic mass is 32.2. The van der Waals surface area contributed by atoms with E-state index in [9.17, 15) is 26.4 Å². The summed E-state index contributed by atoms with van der Waals surface area (Å²) >= 11 is 0. The fourth-order valence-corrected chi connectivity index (χ4v) is 1.40. The lowest BCUT2D eigenvalue weighted by Crippen LogP contribution is -2.25. The molecule has 0 aliphatic heterocycles. The van der Waals surface area contributed by atoms with E-state index >= 15 is 0 Å². The Labute approximate surface area is 103 Å². The molecule has 0 aliphatic rings. The Kier molecular flexibility index (Phi) is 6.16. The number of carbonyl (C=O) groups excluding carboxylic acids is 1. The van der Waals surface area contributed by atoms with Crippen molar-refractivity contribution in [1.29, 1.82) is 0 Å². The van der Waals surface area contributed by atoms with E-state index in [0.29, 0.717) is 0 Å². The van der Waals surface area contributed by atoms with Crippen LogP contribution in [-0.4, -0.2) is 26.5 Å². The predicted molar refractivity (Wildman–Crippen MR) is 55.7 cm³/mol. The highest BCUT2D eigenvalue weighted by molar-refractivity contribution is 7.87. The van der Waals surface area contributed by atoms with Gasteiger partial charge >= 0.3 is 21.6 Å². The molecule has 0 spiro atoms. The molecular weight excluding hydrogens is 277 g/mol. The summed E-state index contributed by atoms with van der Waals surface area (Å²) in [6, 6.07) is 0. The zero-order valence-corrected chi connectivity index (χ0v) is 10.4. The van der Waals surface area contributed by atoms with Crippen molar-refractivity contribution in [2.75, 3.05) is 6.61 Å². The maximum absolute atomic E-state index is 11.9. The van der Waals surface area contributed by atoms with Crippen LogP contribution in [0.25, 0.3) is 0 Å². The number of esters is 1. The van der Waals surface area contributed by atoms with E-state index in [1.54, 1.807) is 6.92 Å². The Morgan fingerprint density at radius 3 is 2.28 bits per heavy atom. The molecule has 0 aromatic rings. The topological polar surface area (TPSA) is 69.7 Å². The maximum Gasteiger partial charge on any atom is 0.534 e. The van der Waals surface area contributed by atoms with E-state index < -0.39 is 27.4 Å². The minimum atomic E-state index is -5.67. The van der Waals surface area contributed by atoms with Gasteiger partial charge in [0.1, 0.15) is 5.76 Å². The summed E-state index contributed by atoms with van der Waals surface area (Å²) in [6.45, 7) is 4.84. The van der Waals surface area contributed by atoms with Crippen molar-refractivity contribution in [3.05, 3.63) is 12.3 Å². The number of alkyl halides is 3. The third-order valence-corrected chi connectivity index (χ3v) is 2.67. The first kappa shape index (κ1) is 16.8. The van der Waals surface area contributed by atoms with Gasteiger partial charge in [0.25, 0.3) is 0 Å². The molecule has 0 amide bonds. The van der Waals surface area contributed by atoms with Gasteiger partial charge in [-0.2, -0.15) is 21.6 Å². The second kappa shape index (κ2) is 6.62. The monoisotopic (exact) mass is 290 g/mol. The van der Waals surface area contributed by atoms with Gasteiger partial charge in [-0.15, -0.1) is 0 Å². The lowest BCUT2D eigenvalue weighted by Gasteiger charge is -2.11. The van der Waals surface area contributed by atoms with Gasteiger partial charge in [0.15, 0.2) is 0 Å². The van der Waals surface area contributed by atoms with Gasteiger partial charge < -0.3 is 8.92 Å². The highest BCUT2D eigenvalue weighted by Crippen LogP contribution is 2.27. The van der Waals surface area contributed by atoms with E-state index in [4.69, 9.17) is 0 Å². The summed E-state index contributed by atoms with van der Waals surface area (Å²) in [5.74, 6) is -1.10. The predicted octanol–water partition coefficient (Wildman–Crippen LogP) is 2.10. The summed E-state index contributed by atoms with van der Waals surface area (Å²) < 4.78 is 65.2. The lowest BCUT2D eigenvalue weighted by atomic mass is 10.2. The van der Waals surface area contributed by atoms with E-state index in [1.807, 2.05) is 0 Å². The zero-order chi connectivity index (χ0) is 14.4. The smallest absolute Gasteiger partial charge is 0.466 e. The van der Waals surface area contributed by atoms with Crippen molar-refractivity contribution < 1.29 is 35.3 Å². The van der Waals surface area contributed by atoms with Crippen molar-refractivity contribution in [2.24, 2.45) is 0 Å². The van der Waals surface area contributed by atoms with Crippen LogP contribution in [-0.2, 0) is 23.8 Å². The number of halogens is 3. The fraction of sp³-hybridized carbons (Fsp3) is 0.667. The summed E-state index contributed by atoms with van der Waals surface area (Å²) in [4.78, 5) is 10.9. The van der Waals surface area contributed by atoms with Crippen LogP contribution in [0.5, 0.6) is 0 Å². The van der Waals surface area contributed by atoms with Gasteiger partial charge in [0.2, 0.25) is 0 Å². The molecule has 5 nitrogen and oxygen atoms in total. The molecule has 0 unspecified atom stereocenters. The molecule has 0 saturated heterocycles. The minimum Gasteiger partial charge on any atom is -0.466 e. The highest BCUT2D eigenvalue weighted by Gasteiger charge is 2.48. The molecule has 0 bridgehead atoms. The number of rotatable bonds is 7. The van der Waals surface area contributed by atoms with Crippen molar-refractivity contribution in [3.8, 4) is 0 Å². The Bertz CT molecular complexity index is 399. The molecule has 0 saturated carbocycles. The zero-order valence-electron chi connectivity index (χ0n) is 9.62. The van der Waals surface area contributed by atoms with E-state index in [2.05, 4.69) is 15.5 Å². The fourth-order valence-electron chi connectivity index (χ4n) is 0.907. The van der Waals surface area contributed by atoms with E-state index in [-0.39, 0.29) is 25.9 Å². The third kappa shape index (κ3) is 5.89. The van der Waals surface area contributed by atoms with E-state index in [0.717, 1.165) is 0 Å². The number of carbonyl (C=O) groups is 1. The molecule has 106 valence electrons. The average molecular weight is 290 g/mol. The summed E-state index contributed by atoms with van der Waals surface area (Å²) in [6.07, 6.45) is -0.151. The first-order valence-electron chi connectivity index (χ1n) is 4.94. The van der Waals surface area contributed by atoms with Crippen LogP contribution in [0.2, 0.25) is 0 Å². The quantitative estimate of drug-likeness (QED) is 0.311. The maximum atomic E-state index is 11.9. The Balaban J connectivity index is 4.11. The first-order valence-corrected chi connectivity index (χ1v) is 6.35. The molecule has 0 radical (unpaired) electrons. The lowest BCUT2D eigenvalue weighted by molar-refractivity contribution is -0.143. The molecule has 0 rings (SSSR count). The summed E-state index contributed by atoms with van der Waals surface area (Å²) in [5.41, 5.74) is -5.49. The molecule has 0 fully saturated rings. The van der Waals surface area contributed by atoms with Gasteiger partial charge in [0, 0.05) is 12.8 Å². The molecule has 0 aromatic heterocycles. The molecular formula is C9H13F3O5S. The average Bonchev–Trinajstić information content (AvgIpc) is 2.15. The van der Waals surface area contributed by atoms with Gasteiger partial charge in [-0.3, -0.25) is 4.79 Å². The van der Waals surface area contributed by atoms with Crippen LogP contribution in [0, 0.1) is 0 Å². The largest absolute Gasteiger partial charge is 0.534 e. The molecule has 9 heteroatoms. The van der Waals surface area contributed by atoms with E-state index in [1.165, 1.54) is 0 Å². The van der Waals surface area contributed by atoms with Crippen molar-refractivity contribution in [1.82, 2.24) is 0 Å². The second-order valence-electron chi connectivity index (χ2n) is 3.18. The van der Waals surface area contributed by atoms with Gasteiger partial charge in [-0.05, 0) is 13.3 Å². The van der Waals surface area contributed by atoms with Crippen LogP contribution in [0.4, 0.5) is 13.2 Å².